The van der Waals surface area contributed by atoms with Gasteiger partial charge in [0.15, 0.2) is 10.3 Å². The number of hydrogen-bond donors (Lipinski definition) is 2. The molecule has 2 fully saturated rings. The van der Waals surface area contributed by atoms with E-state index in [2.05, 4.69) is 20.6 Å². The number of hydrogen-bond acceptors (Lipinski definition) is 9. The summed E-state index contributed by atoms with van der Waals surface area (Å²) < 4.78 is 10.1. The zero-order valence-corrected chi connectivity index (χ0v) is 23.5. The molecule has 2 aliphatic rings. The molecule has 2 aromatic rings. The third kappa shape index (κ3) is 9.43. The maximum Gasteiger partial charge on any atom is 0.263 e. The lowest BCUT2D eigenvalue weighted by Crippen LogP contribution is -2.19. The number of nitrogens with one attached hydrogen (secondary N) is 2. The number of rotatable bonds is 4. The van der Waals surface area contributed by atoms with Gasteiger partial charge in [0.2, 0.25) is 5.91 Å². The first kappa shape index (κ1) is 30.2. The molecule has 2 aliphatic heterocycles. The van der Waals surface area contributed by atoms with Gasteiger partial charge in [-0.05, 0) is 49.9 Å². The van der Waals surface area contributed by atoms with E-state index < -0.39 is 0 Å². The molecule has 0 radical (unpaired) electrons. The van der Waals surface area contributed by atoms with Gasteiger partial charge in [-0.1, -0.05) is 41.0 Å². The van der Waals surface area contributed by atoms with E-state index in [1.165, 1.54) is 30.4 Å². The number of amides is 2. The molecule has 2 heterocycles. The molecule has 0 aromatic heterocycles. The molecule has 2 amide bonds. The molecule has 2 saturated heterocycles. The smallest absolute Gasteiger partial charge is 0.263 e. The van der Waals surface area contributed by atoms with Gasteiger partial charge in [-0.2, -0.15) is 0 Å². The number of benzene rings is 2. The number of carbonyl (C=O) groups is 3. The summed E-state index contributed by atoms with van der Waals surface area (Å²) in [5, 5.41) is 7.40. The fourth-order valence-electron chi connectivity index (χ4n) is 2.59. The van der Waals surface area contributed by atoms with Crippen LogP contribution < -0.4 is 20.1 Å². The molecule has 0 atom stereocenters. The number of aldehydes is 1. The van der Waals surface area contributed by atoms with Crippen LogP contribution in [-0.2, 0) is 14.4 Å². The number of halogens is 2. The van der Waals surface area contributed by atoms with E-state index in [9.17, 15) is 9.59 Å². The lowest BCUT2D eigenvalue weighted by molar-refractivity contribution is -0.117. The van der Waals surface area contributed by atoms with Crippen LogP contribution in [0.25, 0.3) is 0 Å². The Hall–Kier alpha value is -2.99. The predicted octanol–water partition coefficient (Wildman–Crippen LogP) is 5.51. The Kier molecular flexibility index (Phi) is 12.5. The first-order valence-electron chi connectivity index (χ1n) is 10.6. The number of thioether (sulfide) groups is 2. The number of methoxy groups -OCH3 is 2. The lowest BCUT2D eigenvalue weighted by atomic mass is 10.3. The SMILES string of the molecule is C/C=C1\SC(=Nc2ccc(OC)cc2Cl)NC1=O.CC=O.COc1ccc(N=C2NC(=O)CS2)c(Cl)c1. The predicted molar refractivity (Wildman–Crippen MR) is 152 cm³/mol. The summed E-state index contributed by atoms with van der Waals surface area (Å²) >= 11 is 14.7. The minimum absolute atomic E-state index is 0.0339. The third-order valence-corrected chi connectivity index (χ3v) is 6.76. The van der Waals surface area contributed by atoms with Crippen molar-refractivity contribution < 1.29 is 23.9 Å². The summed E-state index contributed by atoms with van der Waals surface area (Å²) in [6.45, 7) is 3.26. The Balaban J connectivity index is 0.000000237. The van der Waals surface area contributed by atoms with Crippen molar-refractivity contribution in [3.05, 3.63) is 57.4 Å². The van der Waals surface area contributed by atoms with Crippen LogP contribution in [0.3, 0.4) is 0 Å². The van der Waals surface area contributed by atoms with Crippen LogP contribution in [0.2, 0.25) is 10.0 Å². The molecule has 0 unspecified atom stereocenters. The maximum atomic E-state index is 11.5. The van der Waals surface area contributed by atoms with Crippen molar-refractivity contribution >= 4 is 86.5 Å². The molecule has 9 nitrogen and oxygen atoms in total. The molecular weight excluding hydrogens is 559 g/mol. The molecule has 2 aromatic carbocycles. The Morgan fingerprint density at radius 3 is 1.78 bits per heavy atom. The Labute approximate surface area is 233 Å². The quantitative estimate of drug-likeness (QED) is 0.360. The number of ether oxygens (including phenoxy) is 2. The monoisotopic (exact) mass is 582 g/mol. The fraction of sp³-hybridized carbons (Fsp3) is 0.208. The number of nitrogens with zero attached hydrogens (tertiary/aromatic N) is 2. The molecule has 0 spiro atoms. The summed E-state index contributed by atoms with van der Waals surface area (Å²) in [6, 6.07) is 10.4. The van der Waals surface area contributed by atoms with Crippen molar-refractivity contribution in [2.24, 2.45) is 9.98 Å². The van der Waals surface area contributed by atoms with E-state index in [0.29, 0.717) is 53.9 Å². The first-order chi connectivity index (χ1) is 17.7. The van der Waals surface area contributed by atoms with Crippen molar-refractivity contribution in [3.8, 4) is 11.5 Å². The molecule has 0 bridgehead atoms. The summed E-state index contributed by atoms with van der Waals surface area (Å²) in [5.41, 5.74) is 1.21. The summed E-state index contributed by atoms with van der Waals surface area (Å²) in [7, 11) is 3.15. The maximum absolute atomic E-state index is 11.5. The number of aliphatic imine (C=N–C) groups is 2. The number of allylic oxidation sites excluding steroid dienone is 1. The van der Waals surface area contributed by atoms with Gasteiger partial charge in [-0.15, -0.1) is 0 Å². The second-order valence-corrected chi connectivity index (χ2v) is 9.56. The van der Waals surface area contributed by atoms with Gasteiger partial charge in [-0.25, -0.2) is 9.98 Å². The van der Waals surface area contributed by atoms with Crippen LogP contribution in [0.1, 0.15) is 13.8 Å². The molecule has 4 rings (SSSR count). The van der Waals surface area contributed by atoms with Gasteiger partial charge in [0.1, 0.15) is 17.8 Å². The second-order valence-electron chi connectivity index (χ2n) is 6.75. The normalized spacial score (nSPS) is 17.4. The van der Waals surface area contributed by atoms with Crippen LogP contribution in [0.5, 0.6) is 11.5 Å². The van der Waals surface area contributed by atoms with E-state index in [0.717, 1.165) is 6.29 Å². The van der Waals surface area contributed by atoms with Crippen LogP contribution in [0.15, 0.2) is 57.4 Å². The van der Waals surface area contributed by atoms with Crippen molar-refractivity contribution in [2.45, 2.75) is 13.8 Å². The minimum Gasteiger partial charge on any atom is -0.497 e. The largest absolute Gasteiger partial charge is 0.497 e. The van der Waals surface area contributed by atoms with Crippen LogP contribution >= 0.6 is 46.7 Å². The highest BCUT2D eigenvalue weighted by Gasteiger charge is 2.23. The van der Waals surface area contributed by atoms with Crippen LogP contribution in [-0.4, -0.2) is 48.4 Å². The highest BCUT2D eigenvalue weighted by atomic mass is 35.5. The molecule has 0 saturated carbocycles. The standard InChI is InChI=1S/C12H11ClN2O2S.C10H9ClN2O2S.C2H4O/c1-3-10-11(16)15-12(18-10)14-9-5-4-7(17-2)6-8(9)13;1-15-6-2-3-8(7(11)4-6)12-10-13-9(14)5-16-10;1-2-3/h3-6H,1-2H3,(H,14,15,16);2-4H,5H2,1H3,(H,12,13,14);2H,1H3/b10-3-;;. The Bertz CT molecular complexity index is 1250. The average Bonchev–Trinajstić information content (AvgIpc) is 3.46. The van der Waals surface area contributed by atoms with Crippen molar-refractivity contribution in [3.63, 3.8) is 0 Å². The van der Waals surface area contributed by atoms with Gasteiger partial charge < -0.3 is 24.9 Å². The van der Waals surface area contributed by atoms with E-state index >= 15 is 0 Å². The van der Waals surface area contributed by atoms with Gasteiger partial charge in [0.05, 0.1) is 46.3 Å². The Morgan fingerprint density at radius 1 is 0.892 bits per heavy atom. The highest BCUT2D eigenvalue weighted by Crippen LogP contribution is 2.32. The Morgan fingerprint density at radius 2 is 1.41 bits per heavy atom. The van der Waals surface area contributed by atoms with Crippen LogP contribution in [0.4, 0.5) is 11.4 Å². The molecule has 196 valence electrons. The van der Waals surface area contributed by atoms with Crippen molar-refractivity contribution in [2.75, 3.05) is 20.0 Å². The lowest BCUT2D eigenvalue weighted by Gasteiger charge is -2.03. The number of carbonyl (C=O) groups excluding carboxylic acids is 3. The minimum atomic E-state index is -0.133. The average molecular weight is 584 g/mol. The summed E-state index contributed by atoms with van der Waals surface area (Å²) in [6.07, 6.45) is 2.50. The van der Waals surface area contributed by atoms with Crippen molar-refractivity contribution in [1.82, 2.24) is 10.6 Å². The van der Waals surface area contributed by atoms with Crippen molar-refractivity contribution in [1.29, 1.82) is 0 Å². The summed E-state index contributed by atoms with van der Waals surface area (Å²) in [5.74, 6) is 1.59. The van der Waals surface area contributed by atoms with E-state index in [-0.39, 0.29) is 11.8 Å². The molecule has 0 aliphatic carbocycles. The van der Waals surface area contributed by atoms with Gasteiger partial charge >= 0.3 is 0 Å². The highest BCUT2D eigenvalue weighted by molar-refractivity contribution is 8.18. The molecule has 2 N–H and O–H groups in total. The third-order valence-electron chi connectivity index (χ3n) is 4.25. The van der Waals surface area contributed by atoms with E-state index in [4.69, 9.17) is 37.5 Å². The molecule has 13 heteroatoms. The topological polar surface area (TPSA) is 118 Å². The molecule has 37 heavy (non-hydrogen) atoms. The first-order valence-corrected chi connectivity index (χ1v) is 13.1. The zero-order valence-electron chi connectivity index (χ0n) is 20.3. The zero-order chi connectivity index (χ0) is 27.4. The van der Waals surface area contributed by atoms with Gasteiger partial charge in [-0.3, -0.25) is 9.59 Å². The fourth-order valence-corrected chi connectivity index (χ4v) is 4.46. The van der Waals surface area contributed by atoms with E-state index in [1.807, 2.05) is 6.92 Å². The van der Waals surface area contributed by atoms with Crippen LogP contribution in [0, 0.1) is 0 Å². The summed E-state index contributed by atoms with van der Waals surface area (Å²) in [4.78, 5) is 40.4. The second kappa shape index (κ2) is 15.3. The van der Waals surface area contributed by atoms with Gasteiger partial charge in [0.25, 0.3) is 5.91 Å². The van der Waals surface area contributed by atoms with E-state index in [1.54, 1.807) is 56.7 Å². The molecular formula is C24H24Cl2N4O5S2. The van der Waals surface area contributed by atoms with Gasteiger partial charge in [0, 0.05) is 12.1 Å². The number of amidine groups is 2.